The van der Waals surface area contributed by atoms with Gasteiger partial charge in [-0.3, -0.25) is 4.79 Å². The number of hydrogen-bond donors (Lipinski definition) is 0. The minimum Gasteiger partial charge on any atom is -0.494 e. The lowest BCUT2D eigenvalue weighted by atomic mass is 10.00. The molecule has 3 rings (SSSR count). The summed E-state index contributed by atoms with van der Waals surface area (Å²) in [6, 6.07) is 18.3. The Morgan fingerprint density at radius 2 is 1.39 bits per heavy atom. The lowest BCUT2D eigenvalue weighted by molar-refractivity contribution is -0.121. The summed E-state index contributed by atoms with van der Waals surface area (Å²) < 4.78 is 19.7. The number of rotatable bonds is 3. The topological polar surface area (TPSA) is 43.4 Å². The average Bonchev–Trinajstić information content (AvgIpc) is 2.55. The molecule has 3 nitrogen and oxygen atoms in total. The molecular weight excluding hydrogens is 307 g/mol. The average molecular weight is 326 g/mol. The molecule has 2 aromatic carbocycles. The molecule has 0 radical (unpaired) electrons. The van der Waals surface area contributed by atoms with Crippen molar-refractivity contribution in [2.75, 3.05) is 0 Å². The molecule has 0 saturated carbocycles. The summed E-state index contributed by atoms with van der Waals surface area (Å²) in [7, 11) is -3.23. The molecule has 0 aromatic heterocycles. The van der Waals surface area contributed by atoms with E-state index in [0.717, 1.165) is 0 Å². The normalized spacial score (nSPS) is 17.3. The van der Waals surface area contributed by atoms with Gasteiger partial charge >= 0.3 is 0 Å². The quantitative estimate of drug-likeness (QED) is 0.809. The first-order valence-electron chi connectivity index (χ1n) is 7.56. The van der Waals surface area contributed by atoms with Crippen molar-refractivity contribution in [1.82, 2.24) is 0 Å². The van der Waals surface area contributed by atoms with Crippen LogP contribution in [0.2, 0.25) is 0 Å². The van der Waals surface area contributed by atoms with Gasteiger partial charge in [0.1, 0.15) is 5.60 Å². The Labute approximate surface area is 136 Å². The minimum atomic E-state index is -3.23. The van der Waals surface area contributed by atoms with E-state index in [0.29, 0.717) is 10.6 Å². The third-order valence-corrected chi connectivity index (χ3v) is 7.02. The van der Waals surface area contributed by atoms with E-state index in [4.69, 9.17) is 4.74 Å². The summed E-state index contributed by atoms with van der Waals surface area (Å²) >= 11 is 0. The van der Waals surface area contributed by atoms with E-state index in [1.54, 1.807) is 0 Å². The molecule has 23 heavy (non-hydrogen) atoms. The number of Topliss-reactive ketones (excluding diaryl/α,β-unsaturated/α-hetero) is 1. The molecule has 0 amide bonds. The zero-order chi connectivity index (χ0) is 16.5. The standard InChI is InChI=1S/C19H19O3P/c1-19(2)13-17(20)18(14-22-19)23(21,15-9-5-3-6-10-15)16-11-7-4-8-12-16/h3-12,14H,13H2,1-2H3. The number of hydrogen-bond acceptors (Lipinski definition) is 3. The van der Waals surface area contributed by atoms with E-state index in [9.17, 15) is 9.36 Å². The predicted octanol–water partition coefficient (Wildman–Crippen LogP) is 3.61. The van der Waals surface area contributed by atoms with Crippen LogP contribution in [0.4, 0.5) is 0 Å². The number of carbonyl (C=O) groups excluding carboxylic acids is 1. The van der Waals surface area contributed by atoms with Crippen LogP contribution < -0.4 is 10.6 Å². The minimum absolute atomic E-state index is 0.114. The molecular formula is C19H19O3P. The van der Waals surface area contributed by atoms with Gasteiger partial charge in [0.25, 0.3) is 0 Å². The molecule has 0 spiro atoms. The maximum atomic E-state index is 14.0. The Bertz CT molecular complexity index is 748. The second-order valence-corrected chi connectivity index (χ2v) is 8.99. The summed E-state index contributed by atoms with van der Waals surface area (Å²) in [6.07, 6.45) is 1.63. The van der Waals surface area contributed by atoms with Crippen LogP contribution in [0.3, 0.4) is 0 Å². The van der Waals surface area contributed by atoms with Crippen molar-refractivity contribution in [2.45, 2.75) is 25.9 Å². The monoisotopic (exact) mass is 326 g/mol. The fraction of sp³-hybridized carbons (Fsp3) is 0.211. The highest BCUT2D eigenvalue weighted by Gasteiger charge is 2.41. The van der Waals surface area contributed by atoms with E-state index in [1.807, 2.05) is 74.5 Å². The third-order valence-electron chi connectivity index (χ3n) is 3.94. The summed E-state index contributed by atoms with van der Waals surface area (Å²) in [6.45, 7) is 3.71. The van der Waals surface area contributed by atoms with Gasteiger partial charge in [-0.05, 0) is 13.8 Å². The van der Waals surface area contributed by atoms with Crippen molar-refractivity contribution in [3.8, 4) is 0 Å². The van der Waals surface area contributed by atoms with Crippen LogP contribution in [0.25, 0.3) is 0 Å². The van der Waals surface area contributed by atoms with Crippen molar-refractivity contribution in [3.05, 3.63) is 72.2 Å². The van der Waals surface area contributed by atoms with Gasteiger partial charge in [-0.1, -0.05) is 60.7 Å². The Kier molecular flexibility index (Phi) is 3.99. The highest BCUT2D eigenvalue weighted by atomic mass is 31.2. The first-order valence-corrected chi connectivity index (χ1v) is 9.27. The molecule has 0 atom stereocenters. The van der Waals surface area contributed by atoms with E-state index < -0.39 is 12.7 Å². The Hall–Kier alpha value is -2.12. The smallest absolute Gasteiger partial charge is 0.177 e. The maximum absolute atomic E-state index is 14.0. The SMILES string of the molecule is CC1(C)CC(=O)C(P(=O)(c2ccccc2)c2ccccc2)=CO1. The van der Waals surface area contributed by atoms with Crippen LogP contribution in [0.5, 0.6) is 0 Å². The second kappa shape index (κ2) is 5.82. The molecule has 118 valence electrons. The molecule has 4 heteroatoms. The second-order valence-electron chi connectivity index (χ2n) is 6.26. The van der Waals surface area contributed by atoms with Crippen LogP contribution in [0.1, 0.15) is 20.3 Å². The van der Waals surface area contributed by atoms with E-state index in [1.165, 1.54) is 6.26 Å². The first kappa shape index (κ1) is 15.8. The first-order chi connectivity index (χ1) is 10.9. The van der Waals surface area contributed by atoms with Gasteiger partial charge < -0.3 is 9.30 Å². The summed E-state index contributed by atoms with van der Waals surface area (Å²) in [4.78, 5) is 12.7. The fourth-order valence-electron chi connectivity index (χ4n) is 2.75. The maximum Gasteiger partial charge on any atom is 0.177 e. The van der Waals surface area contributed by atoms with Crippen molar-refractivity contribution in [3.63, 3.8) is 0 Å². The van der Waals surface area contributed by atoms with Gasteiger partial charge in [-0.25, -0.2) is 0 Å². The van der Waals surface area contributed by atoms with Crippen molar-refractivity contribution in [1.29, 1.82) is 0 Å². The zero-order valence-corrected chi connectivity index (χ0v) is 14.1. The molecule has 2 aromatic rings. The van der Waals surface area contributed by atoms with Gasteiger partial charge in [-0.2, -0.15) is 0 Å². The number of carbonyl (C=O) groups is 1. The number of benzene rings is 2. The van der Waals surface area contributed by atoms with Crippen LogP contribution in [-0.4, -0.2) is 11.4 Å². The predicted molar refractivity (Wildman–Crippen MR) is 92.6 cm³/mol. The Morgan fingerprint density at radius 1 is 0.913 bits per heavy atom. The summed E-state index contributed by atoms with van der Waals surface area (Å²) in [5, 5.41) is 1.57. The summed E-state index contributed by atoms with van der Waals surface area (Å²) in [5.74, 6) is -0.114. The lowest BCUT2D eigenvalue weighted by Gasteiger charge is -2.31. The van der Waals surface area contributed by atoms with E-state index >= 15 is 0 Å². The van der Waals surface area contributed by atoms with Gasteiger partial charge in [0.2, 0.25) is 0 Å². The highest BCUT2D eigenvalue weighted by Crippen LogP contribution is 2.54. The Balaban J connectivity index is 2.21. The number of allylic oxidation sites excluding steroid dienone is 1. The van der Waals surface area contributed by atoms with Gasteiger partial charge in [-0.15, -0.1) is 0 Å². The molecule has 1 aliphatic rings. The molecule has 0 saturated heterocycles. The lowest BCUT2D eigenvalue weighted by Crippen LogP contribution is -2.33. The summed E-state index contributed by atoms with van der Waals surface area (Å²) in [5.41, 5.74) is -0.557. The van der Waals surface area contributed by atoms with Crippen LogP contribution in [0, 0.1) is 0 Å². The van der Waals surface area contributed by atoms with E-state index in [-0.39, 0.29) is 17.5 Å². The molecule has 0 unspecified atom stereocenters. The third kappa shape index (κ3) is 2.89. The molecule has 0 N–H and O–H groups in total. The Morgan fingerprint density at radius 3 is 1.83 bits per heavy atom. The molecule has 0 fully saturated rings. The van der Waals surface area contributed by atoms with E-state index in [2.05, 4.69) is 0 Å². The van der Waals surface area contributed by atoms with Gasteiger partial charge in [0.15, 0.2) is 12.9 Å². The van der Waals surface area contributed by atoms with Crippen LogP contribution >= 0.6 is 7.14 Å². The molecule has 1 heterocycles. The van der Waals surface area contributed by atoms with Gasteiger partial charge in [0, 0.05) is 10.6 Å². The highest BCUT2D eigenvalue weighted by molar-refractivity contribution is 7.83. The van der Waals surface area contributed by atoms with Gasteiger partial charge in [0.05, 0.1) is 18.0 Å². The number of ketones is 1. The van der Waals surface area contributed by atoms with Crippen LogP contribution in [0.15, 0.2) is 72.2 Å². The van der Waals surface area contributed by atoms with Crippen molar-refractivity contribution < 1.29 is 14.1 Å². The molecule has 1 aliphatic heterocycles. The fourth-order valence-corrected chi connectivity index (χ4v) is 5.42. The molecule has 0 bridgehead atoms. The van der Waals surface area contributed by atoms with Crippen LogP contribution in [-0.2, 0) is 14.1 Å². The zero-order valence-electron chi connectivity index (χ0n) is 13.2. The number of ether oxygens (including phenoxy) is 1. The molecule has 0 aliphatic carbocycles. The largest absolute Gasteiger partial charge is 0.494 e. The van der Waals surface area contributed by atoms with Crippen molar-refractivity contribution >= 4 is 23.5 Å². The van der Waals surface area contributed by atoms with Crippen molar-refractivity contribution in [2.24, 2.45) is 0 Å².